The summed E-state index contributed by atoms with van der Waals surface area (Å²) < 4.78 is 0. The zero-order chi connectivity index (χ0) is 61.9. The van der Waals surface area contributed by atoms with Crippen molar-refractivity contribution in [2.45, 2.75) is 463 Å². The zero-order valence-electron chi connectivity index (χ0n) is 58.9. The van der Waals surface area contributed by atoms with E-state index in [4.69, 9.17) is 0 Å². The molecule has 0 aromatic heterocycles. The number of amides is 1. The highest BCUT2D eigenvalue weighted by Crippen LogP contribution is 2.20. The third kappa shape index (κ3) is 73.1. The molecule has 0 aromatic carbocycles. The van der Waals surface area contributed by atoms with E-state index in [9.17, 15) is 15.0 Å². The molecule has 0 saturated heterocycles. The molecule has 0 saturated carbocycles. The maximum absolute atomic E-state index is 12.6. The van der Waals surface area contributed by atoms with Crippen LogP contribution in [0.15, 0.2) is 48.6 Å². The van der Waals surface area contributed by atoms with E-state index in [0.717, 1.165) is 38.5 Å². The van der Waals surface area contributed by atoms with Crippen molar-refractivity contribution in [1.82, 2.24) is 5.32 Å². The number of aliphatic hydroxyl groups is 2. The lowest BCUT2D eigenvalue weighted by molar-refractivity contribution is -0.123. The first-order valence-electron chi connectivity index (χ1n) is 39.9. The summed E-state index contributed by atoms with van der Waals surface area (Å²) in [5.41, 5.74) is 0. The Hall–Kier alpha value is -1.65. The Balaban J connectivity index is 3.42. The number of aliphatic hydroxyl groups excluding tert-OH is 2. The Morgan fingerprint density at radius 1 is 0.267 bits per heavy atom. The van der Waals surface area contributed by atoms with Crippen LogP contribution in [0.4, 0.5) is 0 Å². The second-order valence-electron chi connectivity index (χ2n) is 27.5. The quantitative estimate of drug-likeness (QED) is 0.0420. The summed E-state index contributed by atoms with van der Waals surface area (Å²) in [4.78, 5) is 12.6. The van der Waals surface area contributed by atoms with Crippen LogP contribution in [0.5, 0.6) is 0 Å². The van der Waals surface area contributed by atoms with Crippen molar-refractivity contribution in [1.29, 1.82) is 0 Å². The van der Waals surface area contributed by atoms with Gasteiger partial charge >= 0.3 is 0 Å². The van der Waals surface area contributed by atoms with Crippen LogP contribution in [-0.4, -0.2) is 34.9 Å². The van der Waals surface area contributed by atoms with Crippen LogP contribution < -0.4 is 5.32 Å². The van der Waals surface area contributed by atoms with E-state index < -0.39 is 12.1 Å². The number of nitrogens with one attached hydrogen (secondary N) is 1. The third-order valence-corrected chi connectivity index (χ3v) is 18.8. The molecule has 2 unspecified atom stereocenters. The lowest BCUT2D eigenvalue weighted by atomic mass is 10.0. The standard InChI is InChI=1S/C82H157NO3/c1-3-5-7-9-11-13-15-17-19-21-23-25-27-29-31-33-35-37-38-39-40-41-42-43-44-46-48-50-52-54-56-58-60-62-64-66-68-70-72-74-76-78-82(86)83-80(79-84)81(85)77-75-73-71-69-67-65-63-61-59-57-55-53-51-49-47-45-36-34-32-30-28-26-24-22-20-18-16-14-12-10-8-6-4-2/h21,23,59,61,67,69,75,77,80-81,84-85H,3-20,22,24-58,60,62-66,68,70-74,76,78-79H2,1-2H3,(H,83,86)/b23-21-,61-59+,69-67+,77-75+. The molecule has 0 radical (unpaired) electrons. The van der Waals surface area contributed by atoms with Crippen molar-refractivity contribution < 1.29 is 15.0 Å². The highest BCUT2D eigenvalue weighted by atomic mass is 16.3. The summed E-state index contributed by atoms with van der Waals surface area (Å²) in [5, 5.41) is 23.3. The van der Waals surface area contributed by atoms with Crippen LogP contribution in [0, 0.1) is 0 Å². The fraction of sp³-hybridized carbons (Fsp3) is 0.890. The van der Waals surface area contributed by atoms with Gasteiger partial charge in [0, 0.05) is 6.42 Å². The molecule has 3 N–H and O–H groups in total. The molecule has 0 aliphatic heterocycles. The van der Waals surface area contributed by atoms with Crippen molar-refractivity contribution in [2.24, 2.45) is 0 Å². The van der Waals surface area contributed by atoms with Gasteiger partial charge in [0.15, 0.2) is 0 Å². The van der Waals surface area contributed by atoms with Gasteiger partial charge in [0.1, 0.15) is 0 Å². The first-order valence-corrected chi connectivity index (χ1v) is 39.9. The van der Waals surface area contributed by atoms with Gasteiger partial charge in [-0.3, -0.25) is 4.79 Å². The van der Waals surface area contributed by atoms with E-state index in [0.29, 0.717) is 6.42 Å². The van der Waals surface area contributed by atoms with E-state index >= 15 is 0 Å². The molecule has 4 heteroatoms. The number of allylic oxidation sites excluding steroid dienone is 7. The monoisotopic (exact) mass is 1200 g/mol. The van der Waals surface area contributed by atoms with Crippen LogP contribution >= 0.6 is 0 Å². The van der Waals surface area contributed by atoms with E-state index in [1.807, 2.05) is 6.08 Å². The predicted octanol–water partition coefficient (Wildman–Crippen LogP) is 27.6. The Kier molecular flexibility index (Phi) is 76.1. The van der Waals surface area contributed by atoms with Gasteiger partial charge in [0.2, 0.25) is 5.91 Å². The van der Waals surface area contributed by atoms with E-state index in [2.05, 4.69) is 55.6 Å². The molecule has 1 amide bonds. The Bertz CT molecular complexity index is 1370. The molecular formula is C82H157NO3. The molecular weight excluding hydrogens is 1050 g/mol. The first-order chi connectivity index (χ1) is 42.7. The van der Waals surface area contributed by atoms with Crippen LogP contribution in [0.3, 0.4) is 0 Å². The lowest BCUT2D eigenvalue weighted by Crippen LogP contribution is -2.45. The van der Waals surface area contributed by atoms with Gasteiger partial charge in [-0.25, -0.2) is 0 Å². The van der Waals surface area contributed by atoms with E-state index in [1.165, 1.54) is 392 Å². The molecule has 0 aromatic rings. The number of carbonyl (C=O) groups excluding carboxylic acids is 1. The van der Waals surface area contributed by atoms with Crippen LogP contribution in [0.25, 0.3) is 0 Å². The second kappa shape index (κ2) is 77.6. The number of hydrogen-bond acceptors (Lipinski definition) is 3. The van der Waals surface area contributed by atoms with E-state index in [-0.39, 0.29) is 12.5 Å². The summed E-state index contributed by atoms with van der Waals surface area (Å²) in [6.07, 6.45) is 110. The summed E-state index contributed by atoms with van der Waals surface area (Å²) in [5.74, 6) is -0.0690. The van der Waals surface area contributed by atoms with Crippen molar-refractivity contribution in [3.8, 4) is 0 Å². The maximum atomic E-state index is 12.6. The van der Waals surface area contributed by atoms with Gasteiger partial charge in [-0.2, -0.15) is 0 Å². The highest BCUT2D eigenvalue weighted by Gasteiger charge is 2.18. The van der Waals surface area contributed by atoms with Crippen molar-refractivity contribution >= 4 is 5.91 Å². The summed E-state index contributed by atoms with van der Waals surface area (Å²) in [7, 11) is 0. The Labute approximate surface area is 541 Å². The number of hydrogen-bond donors (Lipinski definition) is 3. The molecule has 2 atom stereocenters. The molecule has 0 aliphatic rings. The molecule has 0 fully saturated rings. The van der Waals surface area contributed by atoms with Gasteiger partial charge in [-0.1, -0.05) is 422 Å². The molecule has 0 spiro atoms. The molecule has 0 heterocycles. The van der Waals surface area contributed by atoms with Crippen LogP contribution in [0.1, 0.15) is 450 Å². The Morgan fingerprint density at radius 3 is 0.674 bits per heavy atom. The van der Waals surface area contributed by atoms with Gasteiger partial charge in [-0.15, -0.1) is 0 Å². The lowest BCUT2D eigenvalue weighted by Gasteiger charge is -2.19. The summed E-state index contributed by atoms with van der Waals surface area (Å²) >= 11 is 0. The molecule has 0 bridgehead atoms. The minimum absolute atomic E-state index is 0.0690. The molecule has 508 valence electrons. The molecule has 0 rings (SSSR count). The number of rotatable bonds is 75. The minimum atomic E-state index is -0.872. The maximum Gasteiger partial charge on any atom is 0.220 e. The average Bonchev–Trinajstić information content (AvgIpc) is 3.59. The van der Waals surface area contributed by atoms with Gasteiger partial charge < -0.3 is 15.5 Å². The number of carbonyl (C=O) groups is 1. The van der Waals surface area contributed by atoms with Crippen LogP contribution in [-0.2, 0) is 4.79 Å². The normalized spacial score (nSPS) is 12.8. The average molecular weight is 1210 g/mol. The topological polar surface area (TPSA) is 69.6 Å². The van der Waals surface area contributed by atoms with Crippen LogP contribution in [0.2, 0.25) is 0 Å². The van der Waals surface area contributed by atoms with Gasteiger partial charge in [0.05, 0.1) is 18.8 Å². The first kappa shape index (κ1) is 84.3. The molecule has 4 nitrogen and oxygen atoms in total. The predicted molar refractivity (Wildman–Crippen MR) is 387 cm³/mol. The van der Waals surface area contributed by atoms with Crippen molar-refractivity contribution in [3.05, 3.63) is 48.6 Å². The fourth-order valence-electron chi connectivity index (χ4n) is 12.7. The van der Waals surface area contributed by atoms with Gasteiger partial charge in [0.25, 0.3) is 0 Å². The number of unbranched alkanes of at least 4 members (excludes halogenated alkanes) is 62. The fourth-order valence-corrected chi connectivity index (χ4v) is 12.7. The van der Waals surface area contributed by atoms with Crippen molar-refractivity contribution in [3.63, 3.8) is 0 Å². The largest absolute Gasteiger partial charge is 0.394 e. The van der Waals surface area contributed by atoms with Gasteiger partial charge in [-0.05, 0) is 70.6 Å². The minimum Gasteiger partial charge on any atom is -0.394 e. The summed E-state index contributed by atoms with van der Waals surface area (Å²) in [6.45, 7) is 4.34. The zero-order valence-corrected chi connectivity index (χ0v) is 58.9. The SMILES string of the molecule is CCCCCCCCCC/C=C\CCCCCCCCCCCCCCCCCCCCCCCCCCCCCCCC(=O)NC(CO)C(O)/C=C/CC/C=C/CC/C=C/CCCCCCCCCCCCCCCCCCCCCCCCC. The second-order valence-corrected chi connectivity index (χ2v) is 27.5. The highest BCUT2D eigenvalue weighted by molar-refractivity contribution is 5.76. The van der Waals surface area contributed by atoms with Crippen molar-refractivity contribution in [2.75, 3.05) is 6.61 Å². The third-order valence-electron chi connectivity index (χ3n) is 18.8. The molecule has 86 heavy (non-hydrogen) atoms. The Morgan fingerprint density at radius 2 is 0.453 bits per heavy atom. The molecule has 0 aliphatic carbocycles. The van der Waals surface area contributed by atoms with E-state index in [1.54, 1.807) is 6.08 Å². The summed E-state index contributed by atoms with van der Waals surface area (Å²) in [6, 6.07) is -0.647. The smallest absolute Gasteiger partial charge is 0.220 e.